The number of para-hydroxylation sites is 6. The van der Waals surface area contributed by atoms with Gasteiger partial charge in [0, 0.05) is 81.4 Å². The molecule has 0 radical (unpaired) electrons. The molecule has 6 heterocycles. The second-order valence-corrected chi connectivity index (χ2v) is 34.1. The standard InChI is InChI=1S/2C56H32N6S/c57-32-34-24-26-45-41(30-34)50-46(28-29-49-51(50)42(33-63-49)54-60-52(35-14-4-1-5-15-35)59-53(61-54)36-16-6-2-7-17-36)56(45)43-21-11-10-20-39(43)40-31-37(25-27-44(40)56)55-58-47-22-12-13-23-48(47)62(55)38-18-8-3-9-19-38;57-33-39-32-43-50(63-39)29-28-47-51(43)42-30-36(54-60-52(34-14-4-1-5-15-34)59-53(61-54)35-16-6-2-7-17-35)24-26-46(42)56(47)44-21-11-10-20-40(44)41-31-37(25-27-45(41)56)55-58-48-22-12-13-23-49(48)62(55)38-18-8-3-9-19-38/h1-31,33H;1-32H. The van der Waals surface area contributed by atoms with Crippen LogP contribution in [0.15, 0.2) is 388 Å². The zero-order chi connectivity index (χ0) is 83.3. The maximum absolute atomic E-state index is 10.4. The van der Waals surface area contributed by atoms with Gasteiger partial charge < -0.3 is 0 Å². The van der Waals surface area contributed by atoms with Crippen LogP contribution in [-0.2, 0) is 10.8 Å². The van der Waals surface area contributed by atoms with E-state index in [4.69, 9.17) is 39.9 Å². The average Bonchev–Trinajstić information content (AvgIpc) is 1.50. The molecule has 2 spiro atoms. The largest absolute Gasteiger partial charge is 0.292 e. The lowest BCUT2D eigenvalue weighted by Crippen LogP contribution is -2.25. The van der Waals surface area contributed by atoms with Crippen molar-refractivity contribution in [3.63, 3.8) is 0 Å². The highest BCUT2D eigenvalue weighted by Gasteiger charge is 2.55. The summed E-state index contributed by atoms with van der Waals surface area (Å²) in [5.41, 5.74) is 31.8. The number of fused-ring (bicyclic) bond motifs is 26. The predicted molar refractivity (Wildman–Crippen MR) is 505 cm³/mol. The van der Waals surface area contributed by atoms with Crippen LogP contribution in [0, 0.1) is 22.7 Å². The van der Waals surface area contributed by atoms with E-state index in [-0.39, 0.29) is 0 Å². The maximum Gasteiger partial charge on any atom is 0.165 e. The summed E-state index contributed by atoms with van der Waals surface area (Å²) in [6.45, 7) is 0. The van der Waals surface area contributed by atoms with Gasteiger partial charge in [0.1, 0.15) is 22.6 Å². The maximum atomic E-state index is 10.4. The number of hydrogen-bond donors (Lipinski definition) is 0. The van der Waals surface area contributed by atoms with Crippen LogP contribution < -0.4 is 0 Å². The summed E-state index contributed by atoms with van der Waals surface area (Å²) in [7, 11) is 0. The summed E-state index contributed by atoms with van der Waals surface area (Å²) >= 11 is 3.23. The smallest absolute Gasteiger partial charge is 0.165 e. The lowest BCUT2D eigenvalue weighted by atomic mass is 9.70. The first-order valence-corrected chi connectivity index (χ1v) is 43.6. The lowest BCUT2D eigenvalue weighted by molar-refractivity contribution is 0.794. The Balaban J connectivity index is 0.000000137. The molecule has 22 aromatic rings. The van der Waals surface area contributed by atoms with E-state index in [0.29, 0.717) is 45.4 Å². The molecular formula is C112H64N12S2. The molecule has 12 nitrogen and oxygen atoms in total. The summed E-state index contributed by atoms with van der Waals surface area (Å²) in [4.78, 5) is 41.9. The zero-order valence-corrected chi connectivity index (χ0v) is 68.8. The van der Waals surface area contributed by atoms with E-state index in [1.54, 1.807) is 11.3 Å². The first-order chi connectivity index (χ1) is 62.4. The number of benzene rings is 16. The summed E-state index contributed by atoms with van der Waals surface area (Å²) in [5, 5.41) is 24.9. The van der Waals surface area contributed by atoms with Gasteiger partial charge in [-0.1, -0.05) is 285 Å². The number of nitrogens with zero attached hydrogens (tertiary/aromatic N) is 12. The monoisotopic (exact) mass is 1640 g/mol. The fourth-order valence-corrected chi connectivity index (χ4v) is 22.1. The topological polar surface area (TPSA) is 161 Å². The summed E-state index contributed by atoms with van der Waals surface area (Å²) < 4.78 is 6.74. The Morgan fingerprint density at radius 2 is 0.635 bits per heavy atom. The molecule has 584 valence electrons. The summed E-state index contributed by atoms with van der Waals surface area (Å²) in [6.07, 6.45) is 0. The predicted octanol–water partition coefficient (Wildman–Crippen LogP) is 26.6. The Morgan fingerprint density at radius 1 is 0.262 bits per heavy atom. The Bertz CT molecular complexity index is 8260. The van der Waals surface area contributed by atoms with E-state index in [9.17, 15) is 10.5 Å². The molecule has 2 unspecified atom stereocenters. The van der Waals surface area contributed by atoms with Crippen LogP contribution >= 0.6 is 22.7 Å². The number of imidazole rings is 2. The Kier molecular flexibility index (Phi) is 16.3. The van der Waals surface area contributed by atoms with Crippen molar-refractivity contribution in [2.24, 2.45) is 0 Å². The molecule has 0 saturated heterocycles. The van der Waals surface area contributed by atoms with Crippen LogP contribution in [0.2, 0.25) is 0 Å². The molecule has 4 aliphatic rings. The number of rotatable bonds is 10. The molecule has 16 aromatic carbocycles. The second kappa shape index (κ2) is 28.5. The average molecular weight is 1640 g/mol. The van der Waals surface area contributed by atoms with Crippen molar-refractivity contribution < 1.29 is 0 Å². The van der Waals surface area contributed by atoms with Gasteiger partial charge in [-0.2, -0.15) is 10.5 Å². The minimum absolute atomic E-state index is 0.599. The highest BCUT2D eigenvalue weighted by Crippen LogP contribution is 2.67. The van der Waals surface area contributed by atoms with Crippen LogP contribution in [-0.4, -0.2) is 49.0 Å². The summed E-state index contributed by atoms with van der Waals surface area (Å²) in [5.74, 6) is 5.46. The van der Waals surface area contributed by atoms with E-state index >= 15 is 0 Å². The fraction of sp³-hybridized carbons (Fsp3) is 0.0179. The van der Waals surface area contributed by atoms with Crippen LogP contribution in [0.5, 0.6) is 0 Å². The third-order valence-electron chi connectivity index (χ3n) is 25.5. The number of aromatic nitrogens is 10. The SMILES string of the molecule is N#Cc1cc2c3c(ccc2s1)C1(c2ccccc2-c2cc(-c4nc5ccccc5n4-c4ccccc4)ccc21)c1ccc(-c2nc(-c4ccccc4)nc(-c4ccccc4)n2)cc1-3.N#Cc1ccc2c(c1)-c1c(ccc3scc(-c4nc(-c5ccccc5)nc(-c5ccccc5)n4)c13)C21c2ccccc2-c2cc(-c3nc4ccccc4n3-c3ccccc3)ccc21. The van der Waals surface area contributed by atoms with Gasteiger partial charge in [-0.3, -0.25) is 9.13 Å². The molecule has 0 bridgehead atoms. The van der Waals surface area contributed by atoms with Gasteiger partial charge in [0.2, 0.25) is 0 Å². The zero-order valence-electron chi connectivity index (χ0n) is 67.1. The third-order valence-corrected chi connectivity index (χ3v) is 27.5. The van der Waals surface area contributed by atoms with Gasteiger partial charge in [0.25, 0.3) is 0 Å². The Morgan fingerprint density at radius 3 is 1.12 bits per heavy atom. The van der Waals surface area contributed by atoms with Crippen LogP contribution in [0.1, 0.15) is 54.9 Å². The third kappa shape index (κ3) is 10.9. The van der Waals surface area contributed by atoms with Crippen molar-refractivity contribution in [2.75, 3.05) is 0 Å². The normalized spacial score (nSPS) is 14.4. The first-order valence-electron chi connectivity index (χ1n) is 41.9. The molecule has 0 N–H and O–H groups in total. The second-order valence-electron chi connectivity index (χ2n) is 32.1. The number of hydrogen-bond acceptors (Lipinski definition) is 12. The van der Waals surface area contributed by atoms with Gasteiger partial charge in [0.15, 0.2) is 34.9 Å². The minimum Gasteiger partial charge on any atom is -0.292 e. The molecule has 0 aliphatic heterocycles. The molecule has 26 rings (SSSR count). The van der Waals surface area contributed by atoms with Crippen LogP contribution in [0.4, 0.5) is 0 Å². The fourth-order valence-electron chi connectivity index (χ4n) is 20.3. The van der Waals surface area contributed by atoms with Gasteiger partial charge in [0.05, 0.1) is 44.5 Å². The molecule has 14 heteroatoms. The molecule has 4 aliphatic carbocycles. The highest BCUT2D eigenvalue weighted by molar-refractivity contribution is 7.19. The Labute approximate surface area is 731 Å². The van der Waals surface area contributed by atoms with Gasteiger partial charge in [-0.25, -0.2) is 39.9 Å². The van der Waals surface area contributed by atoms with E-state index in [2.05, 4.69) is 257 Å². The minimum atomic E-state index is -0.653. The molecule has 6 aromatic heterocycles. The number of nitriles is 2. The van der Waals surface area contributed by atoms with Crippen LogP contribution in [0.3, 0.4) is 0 Å². The summed E-state index contributed by atoms with van der Waals surface area (Å²) in [6, 6.07) is 139. The van der Waals surface area contributed by atoms with Gasteiger partial charge in [-0.05, 0) is 186 Å². The molecule has 0 fully saturated rings. The molecular weight excluding hydrogens is 1580 g/mol. The van der Waals surface area contributed by atoms with Gasteiger partial charge >= 0.3 is 0 Å². The number of thiophene rings is 2. The first kappa shape index (κ1) is 72.2. The van der Waals surface area contributed by atoms with Crippen molar-refractivity contribution in [3.05, 3.63) is 443 Å². The van der Waals surface area contributed by atoms with E-state index in [1.165, 1.54) is 72.5 Å². The lowest BCUT2D eigenvalue weighted by Gasteiger charge is -2.30. The van der Waals surface area contributed by atoms with Crippen LogP contribution in [0.25, 0.3) is 189 Å². The van der Waals surface area contributed by atoms with E-state index < -0.39 is 10.8 Å². The molecule has 126 heavy (non-hydrogen) atoms. The van der Waals surface area contributed by atoms with E-state index in [0.717, 1.165) is 138 Å². The quantitative estimate of drug-likeness (QED) is 0.129. The molecule has 0 amide bonds. The van der Waals surface area contributed by atoms with Crippen molar-refractivity contribution >= 4 is 64.9 Å². The van der Waals surface area contributed by atoms with E-state index in [1.807, 2.05) is 152 Å². The van der Waals surface area contributed by atoms with Crippen molar-refractivity contribution in [3.8, 4) is 159 Å². The van der Waals surface area contributed by atoms with Crippen molar-refractivity contribution in [1.82, 2.24) is 49.0 Å². The highest BCUT2D eigenvalue weighted by atomic mass is 32.1. The Hall–Kier alpha value is -16.6. The molecule has 0 saturated carbocycles. The van der Waals surface area contributed by atoms with Crippen molar-refractivity contribution in [1.29, 1.82) is 10.5 Å². The van der Waals surface area contributed by atoms with Crippen molar-refractivity contribution in [2.45, 2.75) is 10.8 Å². The van der Waals surface area contributed by atoms with Gasteiger partial charge in [-0.15, -0.1) is 22.7 Å². The molecule has 2 atom stereocenters.